The van der Waals surface area contributed by atoms with Crippen LogP contribution in [-0.2, 0) is 6.42 Å². The summed E-state index contributed by atoms with van der Waals surface area (Å²) in [5.41, 5.74) is 9.04. The predicted octanol–water partition coefficient (Wildman–Crippen LogP) is 4.01. The third kappa shape index (κ3) is 3.60. The second-order valence-electron chi connectivity index (χ2n) is 5.42. The molecule has 2 aromatic carbocycles. The molecular weight excluding hydrogens is 268 g/mol. The van der Waals surface area contributed by atoms with Crippen molar-refractivity contribution in [2.45, 2.75) is 33.2 Å². The van der Waals surface area contributed by atoms with E-state index in [1.54, 1.807) is 0 Å². The van der Waals surface area contributed by atoms with E-state index in [0.29, 0.717) is 0 Å². The van der Waals surface area contributed by atoms with Crippen LogP contribution in [0, 0.1) is 20.8 Å². The van der Waals surface area contributed by atoms with Crippen molar-refractivity contribution in [2.24, 2.45) is 5.84 Å². The van der Waals surface area contributed by atoms with Gasteiger partial charge in [0.25, 0.3) is 0 Å². The molecule has 0 aliphatic heterocycles. The van der Waals surface area contributed by atoms with Gasteiger partial charge in [-0.25, -0.2) is 0 Å². The zero-order valence-electron chi connectivity index (χ0n) is 12.2. The third-order valence-corrected chi connectivity index (χ3v) is 3.81. The van der Waals surface area contributed by atoms with Gasteiger partial charge in [-0.3, -0.25) is 11.3 Å². The average Bonchev–Trinajstić information content (AvgIpc) is 2.38. The number of benzene rings is 2. The number of hydrogen-bond donors (Lipinski definition) is 2. The monoisotopic (exact) mass is 288 g/mol. The van der Waals surface area contributed by atoms with Crippen molar-refractivity contribution in [2.75, 3.05) is 0 Å². The Morgan fingerprint density at radius 2 is 1.80 bits per heavy atom. The van der Waals surface area contributed by atoms with E-state index in [4.69, 9.17) is 17.4 Å². The summed E-state index contributed by atoms with van der Waals surface area (Å²) >= 11 is 6.14. The van der Waals surface area contributed by atoms with Crippen molar-refractivity contribution < 1.29 is 0 Å². The summed E-state index contributed by atoms with van der Waals surface area (Å²) in [6.45, 7) is 6.28. The van der Waals surface area contributed by atoms with Gasteiger partial charge in [-0.15, -0.1) is 0 Å². The van der Waals surface area contributed by atoms with Crippen LogP contribution in [0.15, 0.2) is 36.4 Å². The number of hydrogen-bond acceptors (Lipinski definition) is 2. The SMILES string of the molecule is Cc1cc(Cl)cc(C(Cc2cc(C)ccc2C)NN)c1. The second kappa shape index (κ2) is 6.40. The summed E-state index contributed by atoms with van der Waals surface area (Å²) in [6.07, 6.45) is 0.851. The van der Waals surface area contributed by atoms with E-state index in [2.05, 4.69) is 43.5 Å². The van der Waals surface area contributed by atoms with Gasteiger partial charge in [-0.1, -0.05) is 41.4 Å². The average molecular weight is 289 g/mol. The summed E-state index contributed by atoms with van der Waals surface area (Å²) in [7, 11) is 0. The van der Waals surface area contributed by atoms with Gasteiger partial charge in [0.1, 0.15) is 0 Å². The fourth-order valence-corrected chi connectivity index (χ4v) is 2.78. The molecule has 0 fully saturated rings. The Balaban J connectivity index is 2.30. The van der Waals surface area contributed by atoms with Gasteiger partial charge in [0, 0.05) is 5.02 Å². The summed E-state index contributed by atoms with van der Waals surface area (Å²) < 4.78 is 0. The summed E-state index contributed by atoms with van der Waals surface area (Å²) in [4.78, 5) is 0. The van der Waals surface area contributed by atoms with Crippen LogP contribution in [0.2, 0.25) is 5.02 Å². The topological polar surface area (TPSA) is 38.0 Å². The summed E-state index contributed by atoms with van der Waals surface area (Å²) in [5.74, 6) is 5.75. The van der Waals surface area contributed by atoms with Gasteiger partial charge < -0.3 is 0 Å². The number of aryl methyl sites for hydroxylation is 3. The molecule has 0 radical (unpaired) electrons. The highest BCUT2D eigenvalue weighted by atomic mass is 35.5. The third-order valence-electron chi connectivity index (χ3n) is 3.60. The molecule has 0 amide bonds. The van der Waals surface area contributed by atoms with E-state index < -0.39 is 0 Å². The maximum Gasteiger partial charge on any atom is 0.0501 e. The first-order valence-corrected chi connectivity index (χ1v) is 7.16. The Morgan fingerprint density at radius 1 is 1.05 bits per heavy atom. The first kappa shape index (κ1) is 15.0. The van der Waals surface area contributed by atoms with Gasteiger partial charge in [0.05, 0.1) is 6.04 Å². The fraction of sp³-hybridized carbons (Fsp3) is 0.294. The summed E-state index contributed by atoms with van der Waals surface area (Å²) in [5, 5.41) is 0.751. The Bertz CT molecular complexity index is 588. The lowest BCUT2D eigenvalue weighted by atomic mass is 9.94. The maximum atomic E-state index is 6.14. The minimum atomic E-state index is 0.0629. The van der Waals surface area contributed by atoms with Crippen molar-refractivity contribution in [1.29, 1.82) is 0 Å². The fourth-order valence-electron chi connectivity index (χ4n) is 2.48. The number of hydrazine groups is 1. The predicted molar refractivity (Wildman–Crippen MR) is 85.9 cm³/mol. The Labute approximate surface area is 125 Å². The lowest BCUT2D eigenvalue weighted by Crippen LogP contribution is -2.29. The van der Waals surface area contributed by atoms with Gasteiger partial charge in [-0.05, 0) is 61.6 Å². The molecule has 2 nitrogen and oxygen atoms in total. The minimum Gasteiger partial charge on any atom is -0.271 e. The van der Waals surface area contributed by atoms with Crippen LogP contribution in [0.3, 0.4) is 0 Å². The first-order valence-electron chi connectivity index (χ1n) is 6.79. The Hall–Kier alpha value is -1.35. The first-order chi connectivity index (χ1) is 9.49. The van der Waals surface area contributed by atoms with Gasteiger partial charge in [0.2, 0.25) is 0 Å². The highest BCUT2D eigenvalue weighted by molar-refractivity contribution is 6.30. The van der Waals surface area contributed by atoms with Gasteiger partial charge >= 0.3 is 0 Å². The van der Waals surface area contributed by atoms with Crippen molar-refractivity contribution in [3.05, 3.63) is 69.2 Å². The van der Waals surface area contributed by atoms with E-state index in [0.717, 1.165) is 22.6 Å². The van der Waals surface area contributed by atoms with E-state index in [1.165, 1.54) is 16.7 Å². The molecule has 0 heterocycles. The summed E-state index contributed by atoms with van der Waals surface area (Å²) in [6, 6.07) is 12.6. The lowest BCUT2D eigenvalue weighted by molar-refractivity contribution is 0.550. The molecule has 1 unspecified atom stereocenters. The van der Waals surface area contributed by atoms with Crippen molar-refractivity contribution in [3.8, 4) is 0 Å². The largest absolute Gasteiger partial charge is 0.271 e. The van der Waals surface area contributed by atoms with Crippen LogP contribution in [-0.4, -0.2) is 0 Å². The Morgan fingerprint density at radius 3 is 2.45 bits per heavy atom. The molecular formula is C17H21ClN2. The van der Waals surface area contributed by atoms with Crippen LogP contribution in [0.4, 0.5) is 0 Å². The molecule has 0 saturated heterocycles. The van der Waals surface area contributed by atoms with E-state index in [1.807, 2.05) is 19.1 Å². The van der Waals surface area contributed by atoms with Crippen LogP contribution in [0.5, 0.6) is 0 Å². The number of halogens is 1. The van der Waals surface area contributed by atoms with Crippen molar-refractivity contribution in [1.82, 2.24) is 5.43 Å². The lowest BCUT2D eigenvalue weighted by Gasteiger charge is -2.19. The molecule has 0 aliphatic carbocycles. The molecule has 0 spiro atoms. The molecule has 0 aliphatic rings. The molecule has 2 rings (SSSR count). The zero-order valence-corrected chi connectivity index (χ0v) is 13.0. The number of nitrogens with two attached hydrogens (primary N) is 1. The zero-order chi connectivity index (χ0) is 14.7. The van der Waals surface area contributed by atoms with Crippen LogP contribution in [0.25, 0.3) is 0 Å². The molecule has 0 bridgehead atoms. The highest BCUT2D eigenvalue weighted by Crippen LogP contribution is 2.24. The maximum absolute atomic E-state index is 6.14. The standard InChI is InChI=1S/C17H21ClN2/c1-11-4-5-13(3)14(6-11)10-17(20-19)15-7-12(2)8-16(18)9-15/h4-9,17,20H,10,19H2,1-3H3. The smallest absolute Gasteiger partial charge is 0.0501 e. The van der Waals surface area contributed by atoms with E-state index in [-0.39, 0.29) is 6.04 Å². The molecule has 0 saturated carbocycles. The molecule has 0 aromatic heterocycles. The van der Waals surface area contributed by atoms with Crippen LogP contribution < -0.4 is 11.3 Å². The van der Waals surface area contributed by atoms with Crippen molar-refractivity contribution >= 4 is 11.6 Å². The van der Waals surface area contributed by atoms with Gasteiger partial charge in [0.15, 0.2) is 0 Å². The van der Waals surface area contributed by atoms with Crippen molar-refractivity contribution in [3.63, 3.8) is 0 Å². The van der Waals surface area contributed by atoms with Gasteiger partial charge in [-0.2, -0.15) is 0 Å². The normalized spacial score (nSPS) is 12.4. The van der Waals surface area contributed by atoms with Crippen LogP contribution in [0.1, 0.15) is 33.9 Å². The number of rotatable bonds is 4. The second-order valence-corrected chi connectivity index (χ2v) is 5.85. The quantitative estimate of drug-likeness (QED) is 0.659. The molecule has 106 valence electrons. The molecule has 3 N–H and O–H groups in total. The minimum absolute atomic E-state index is 0.0629. The van der Waals surface area contributed by atoms with E-state index in [9.17, 15) is 0 Å². The molecule has 2 aromatic rings. The molecule has 20 heavy (non-hydrogen) atoms. The van der Waals surface area contributed by atoms with Crippen LogP contribution >= 0.6 is 11.6 Å². The molecule has 3 heteroatoms. The highest BCUT2D eigenvalue weighted by Gasteiger charge is 2.13. The Kier molecular flexibility index (Phi) is 4.81. The number of nitrogens with one attached hydrogen (secondary N) is 1. The molecule has 1 atom stereocenters. The van der Waals surface area contributed by atoms with E-state index >= 15 is 0 Å².